The maximum atomic E-state index is 14.5. The Morgan fingerprint density at radius 3 is 0.531 bits per heavy atom. The second-order valence-electron chi connectivity index (χ2n) is 11.2. The van der Waals surface area contributed by atoms with Crippen LogP contribution in [0.5, 0.6) is 17.2 Å². The monoisotopic (exact) mass is 2840 g/mol. The number of hydrogen-bond acceptors (Lipinski definition) is 6. The van der Waals surface area contributed by atoms with Gasteiger partial charge in [0.2, 0.25) is 40.7 Å². The van der Waals surface area contributed by atoms with Gasteiger partial charge in [-0.05, 0) is 0 Å². The van der Waals surface area contributed by atoms with E-state index < -0.39 is 164 Å². The maximum absolute atomic E-state index is 14.5. The van der Waals surface area contributed by atoms with E-state index in [9.17, 15) is 74.6 Å². The average Bonchev–Trinajstić information content (AvgIpc) is 3.25. The van der Waals surface area contributed by atoms with Crippen molar-refractivity contribution in [2.75, 3.05) is 26.4 Å². The minimum absolute atomic E-state index is 0. The molecule has 0 heterocycles. The quantitative estimate of drug-likeness (QED) is 0.0663. The molecule has 0 unspecified atom stereocenters. The Morgan fingerprint density at radius 1 is 0.260 bits per heavy atom. The summed E-state index contributed by atoms with van der Waals surface area (Å²) in [6.07, 6.45) is -1.48. The van der Waals surface area contributed by atoms with Crippen LogP contribution in [-0.2, 0) is 612 Å². The van der Waals surface area contributed by atoms with Crippen LogP contribution in [0.25, 0.3) is 24.3 Å². The molecule has 4 rings (SSSR count). The summed E-state index contributed by atoms with van der Waals surface area (Å²) in [6.45, 7) is 8.14. The van der Waals surface area contributed by atoms with Crippen LogP contribution >= 0.6 is 0 Å². The molecular formula is C39H29F17O6UV33. The molecule has 509 valence electrons. The third-order valence-electron chi connectivity index (χ3n) is 7.36. The van der Waals surface area contributed by atoms with Crippen LogP contribution in [0.1, 0.15) is 29.7 Å². The van der Waals surface area contributed by atoms with Crippen molar-refractivity contribution in [3.8, 4) is 17.2 Å². The van der Waals surface area contributed by atoms with Crippen molar-refractivity contribution in [3.05, 3.63) is 147 Å². The van der Waals surface area contributed by atoms with Crippen LogP contribution in [0.15, 0.2) is 26.3 Å². The third kappa shape index (κ3) is 67.1. The molecule has 0 spiro atoms. The summed E-state index contributed by atoms with van der Waals surface area (Å²) >= 11 is 0. The second-order valence-corrected chi connectivity index (χ2v) is 11.2. The smallest absolute Gasteiger partial charge is 0.204 e. The van der Waals surface area contributed by atoms with Gasteiger partial charge in [0.15, 0.2) is 81.5 Å². The summed E-state index contributed by atoms with van der Waals surface area (Å²) in [6, 6.07) is 0. The minimum atomic E-state index is -2.32. The Morgan fingerprint density at radius 2 is 0.396 bits per heavy atom. The maximum Gasteiger partial charge on any atom is 0.204 e. The van der Waals surface area contributed by atoms with Gasteiger partial charge in [-0.3, -0.25) is 0 Å². The Kier molecular flexibility index (Phi) is 283. The number of aliphatic hydroxyl groups is 3. The summed E-state index contributed by atoms with van der Waals surface area (Å²) in [5, 5.41) is 24.0. The topological polar surface area (TPSA) is 88.4 Å². The first-order chi connectivity index (χ1) is 28.5. The number of halogens is 17. The van der Waals surface area contributed by atoms with Gasteiger partial charge in [-0.1, -0.05) is 58.0 Å². The first-order valence-corrected chi connectivity index (χ1v) is 15.9. The zero-order chi connectivity index (χ0) is 46.8. The zero-order valence-corrected chi connectivity index (χ0v) is 95.6. The largest absolute Gasteiger partial charge is 0.483 e. The van der Waals surface area contributed by atoms with Crippen molar-refractivity contribution in [2.45, 2.75) is 19.6 Å². The normalized spacial score (nSPS) is 6.85. The minimum Gasteiger partial charge on any atom is -0.483 e. The van der Waals surface area contributed by atoms with Crippen LogP contribution in [-0.4, -0.2) is 54.0 Å². The molecule has 0 aliphatic carbocycles. The predicted octanol–water partition coefficient (Wildman–Crippen LogP) is 10.1. The van der Waals surface area contributed by atoms with E-state index in [1.807, 2.05) is 0 Å². The van der Waals surface area contributed by atoms with Crippen LogP contribution in [0.4, 0.5) is 74.6 Å². The van der Waals surface area contributed by atoms with Crippen molar-refractivity contribution in [2.24, 2.45) is 0 Å². The summed E-state index contributed by atoms with van der Waals surface area (Å²) in [4.78, 5) is 0. The van der Waals surface area contributed by atoms with Crippen LogP contribution in [0.3, 0.4) is 0 Å². The molecule has 4 aromatic carbocycles. The molecule has 0 atom stereocenters. The van der Waals surface area contributed by atoms with Crippen LogP contribution < -0.4 is 14.2 Å². The van der Waals surface area contributed by atoms with Gasteiger partial charge in [-0.2, -0.15) is 26.3 Å². The first kappa shape index (κ1) is 226. The summed E-state index contributed by atoms with van der Waals surface area (Å²) in [7, 11) is 0. The van der Waals surface area contributed by atoms with Crippen molar-refractivity contribution < 1.29 is 748 Å². The van der Waals surface area contributed by atoms with Gasteiger partial charge in [-0.15, -0.1) is 0 Å². The van der Waals surface area contributed by atoms with Crippen LogP contribution in [0.2, 0.25) is 0 Å². The first-order valence-electron chi connectivity index (χ1n) is 15.9. The third-order valence-corrected chi connectivity index (χ3v) is 7.36. The Bertz CT molecular complexity index is 2220. The van der Waals surface area contributed by atoms with E-state index in [-0.39, 0.29) is 664 Å². The number of rotatable bonds is 14. The molecule has 0 aromatic heterocycles. The SMILES string of the molecule is C.C=Cc1c(F)c(F)c(F)c(F)c1F.C=Cc1c(F)c(F)c(OCC(COc2c(F)c(F)c(C=C)c(F)c2F)Oc2c(F)c(F)c(C=C)c(F)c2F)c(F)c1F.OCC(O)CO.[U].[V].[V].[V].[V].[V].[V].[V].[V].[V].[V].[V].[V].[V].[V].[V].[V].[V].[V].[V].[V].[V].[V].[V].[V].[V].[V].[V].[V].[V].[V].[V].[V].[V]. The molecule has 6 nitrogen and oxygen atoms in total. The number of benzene rings is 4. The number of hydrogen-bond donors (Lipinski definition) is 3. The molecule has 4 aromatic rings. The van der Waals surface area contributed by atoms with Crippen molar-refractivity contribution in [1.29, 1.82) is 0 Å². The molecule has 0 aliphatic rings. The molecule has 0 fully saturated rings. The van der Waals surface area contributed by atoms with Gasteiger partial charge < -0.3 is 29.5 Å². The van der Waals surface area contributed by atoms with E-state index in [0.29, 0.717) is 24.3 Å². The molecule has 96 heavy (non-hydrogen) atoms. The van der Waals surface area contributed by atoms with Crippen molar-refractivity contribution in [3.63, 3.8) is 0 Å². The van der Waals surface area contributed by atoms with Gasteiger partial charge in [-0.25, -0.2) is 48.3 Å². The fraction of sp³-hybridized carbons (Fsp3) is 0.179. The van der Waals surface area contributed by atoms with E-state index in [1.54, 1.807) is 0 Å². The van der Waals surface area contributed by atoms with Gasteiger partial charge in [0.25, 0.3) is 0 Å². The van der Waals surface area contributed by atoms with Gasteiger partial charge >= 0.3 is 0 Å². The molecule has 0 aliphatic heterocycles. The summed E-state index contributed by atoms with van der Waals surface area (Å²) in [5.41, 5.74) is -4.79. The fourth-order valence-corrected chi connectivity index (χ4v) is 4.27. The van der Waals surface area contributed by atoms with Gasteiger partial charge in [0.1, 0.15) is 19.3 Å². The predicted molar refractivity (Wildman–Crippen MR) is 188 cm³/mol. The zero-order valence-electron chi connectivity index (χ0n) is 45.4. The van der Waals surface area contributed by atoms with Gasteiger partial charge in [0.05, 0.1) is 35.5 Å². The molecule has 57 heteroatoms. The molecule has 0 saturated carbocycles. The molecule has 0 bridgehead atoms. The van der Waals surface area contributed by atoms with E-state index in [4.69, 9.17) is 20.1 Å². The van der Waals surface area contributed by atoms with Crippen LogP contribution in [0, 0.1) is 130 Å². The number of aliphatic hydroxyl groups excluding tert-OH is 3. The molecule has 33 radical (unpaired) electrons. The fourth-order valence-electron chi connectivity index (χ4n) is 4.27. The molecular weight excluding hydrogens is 2810 g/mol. The number of ether oxygens (including phenoxy) is 3. The van der Waals surface area contributed by atoms with E-state index in [1.165, 1.54) is 0 Å². The van der Waals surface area contributed by atoms with Crippen molar-refractivity contribution >= 4 is 24.3 Å². The standard InChI is InChI=1S/C27H14F12O3.C8H3F5.C3H8O3.CH4.U.33V/c1-4-10-13(28)19(34)25(20(35)14(10)29)40-7-9(42-27-23(38)17(32)12(6-3)18(33)24(27)39)8-41-26-21(36)15(30)11(5-2)16(31)22(26)37;1-2-3-4(9)6(11)8(13)7(12)5(3)10;4-1-3(6)2-5;;;;;;;;;;;;;;;;;;;;;;;;;;;;;;;;;;;/h4-6,9H,1-3,7-8H2;2H,1H2;3-6H,1-2H2;1H4;;;;;;;;;;;;;;;;;;;;;;;;;;;;;;;;;;. The second kappa shape index (κ2) is 120. The average molecular weight is 2840 g/mol. The Hall–Kier alpha value is 14.3. The van der Waals surface area contributed by atoms with E-state index in [2.05, 4.69) is 35.8 Å². The molecule has 3 N–H and O–H groups in total. The molecule has 0 saturated heterocycles. The van der Waals surface area contributed by atoms with Crippen molar-refractivity contribution in [1.82, 2.24) is 0 Å². The summed E-state index contributed by atoms with van der Waals surface area (Å²) in [5.74, 6) is -40.3. The van der Waals surface area contributed by atoms with Gasteiger partial charge in [0, 0.05) is 643 Å². The summed E-state index contributed by atoms with van der Waals surface area (Å²) < 4.78 is 248. The van der Waals surface area contributed by atoms with E-state index in [0.717, 1.165) is 0 Å². The molecule has 0 amide bonds. The Labute approximate surface area is 963 Å². The van der Waals surface area contributed by atoms with E-state index >= 15 is 0 Å². The Balaban J connectivity index is -0.0000000199.